The van der Waals surface area contributed by atoms with Crippen LogP contribution in [-0.4, -0.2) is 71.0 Å². The molecule has 10 nitrogen and oxygen atoms in total. The molecule has 296 valence electrons. The largest absolute Gasteiger partial charge is 0.493 e. The van der Waals surface area contributed by atoms with Crippen molar-refractivity contribution in [2.45, 2.75) is 82.3 Å². The van der Waals surface area contributed by atoms with Gasteiger partial charge in [-0.05, 0) is 104 Å². The van der Waals surface area contributed by atoms with E-state index in [1.165, 1.54) is 0 Å². The molecule has 2 aliphatic rings. The lowest BCUT2D eigenvalue weighted by molar-refractivity contribution is -0.163. The molecule has 10 heteroatoms. The quantitative estimate of drug-likeness (QED) is 0.0878. The number of methoxy groups -OCH3 is 4. The van der Waals surface area contributed by atoms with Crippen LogP contribution in [0.4, 0.5) is 0 Å². The molecule has 1 aliphatic heterocycles. The van der Waals surface area contributed by atoms with E-state index in [-0.39, 0.29) is 18.4 Å². The van der Waals surface area contributed by atoms with E-state index in [0.717, 1.165) is 61.6 Å². The lowest BCUT2D eigenvalue weighted by Crippen LogP contribution is -2.51. The van der Waals surface area contributed by atoms with E-state index in [1.807, 2.05) is 54.6 Å². The lowest BCUT2D eigenvalue weighted by atomic mass is 9.75. The van der Waals surface area contributed by atoms with Gasteiger partial charge in [-0.25, -0.2) is 4.79 Å². The first-order valence-electron chi connectivity index (χ1n) is 19.4. The average molecular weight is 756 g/mol. The number of hydrogen-bond donors (Lipinski definition) is 0. The number of carbonyl (C=O) groups excluding carboxylic acids is 2. The van der Waals surface area contributed by atoms with Crippen LogP contribution >= 0.6 is 0 Å². The highest BCUT2D eigenvalue weighted by Gasteiger charge is 2.41. The van der Waals surface area contributed by atoms with Crippen molar-refractivity contribution in [1.29, 1.82) is 0 Å². The maximum Gasteiger partial charge on any atom is 0.329 e. The highest BCUT2D eigenvalue weighted by atomic mass is 16.5. The molecule has 3 atom stereocenters. The van der Waals surface area contributed by atoms with Crippen LogP contribution in [0.3, 0.4) is 0 Å². The molecule has 5 rings (SSSR count). The number of nitrogens with zero attached hydrogens (tertiary/aromatic N) is 1. The highest BCUT2D eigenvalue weighted by molar-refractivity contribution is 5.89. The SMILES string of the molecule is C=CCOc1cccc(C(CCc2ccc(OC)c(OC)c2)OC(=O)C2CCCCN2C(=O)C(c2cc(OC)c(OCC=C)c(OC)c2)C2CCCCC2)c1. The Morgan fingerprint density at radius 3 is 2.09 bits per heavy atom. The Morgan fingerprint density at radius 2 is 1.42 bits per heavy atom. The van der Waals surface area contributed by atoms with Crippen LogP contribution in [0.25, 0.3) is 0 Å². The smallest absolute Gasteiger partial charge is 0.329 e. The monoisotopic (exact) mass is 755 g/mol. The summed E-state index contributed by atoms with van der Waals surface area (Å²) in [6.07, 6.45) is 11.1. The number of hydrogen-bond acceptors (Lipinski definition) is 9. The fourth-order valence-electron chi connectivity index (χ4n) is 7.87. The van der Waals surface area contributed by atoms with Crippen LogP contribution in [0, 0.1) is 5.92 Å². The molecule has 1 saturated heterocycles. The molecule has 55 heavy (non-hydrogen) atoms. The van der Waals surface area contributed by atoms with Crippen molar-refractivity contribution < 1.29 is 42.7 Å². The predicted molar refractivity (Wildman–Crippen MR) is 213 cm³/mol. The Hall–Kier alpha value is -5.12. The van der Waals surface area contributed by atoms with E-state index >= 15 is 4.79 Å². The number of likely N-dealkylation sites (tertiary alicyclic amines) is 1. The second-order valence-electron chi connectivity index (χ2n) is 14.1. The Morgan fingerprint density at radius 1 is 0.745 bits per heavy atom. The summed E-state index contributed by atoms with van der Waals surface area (Å²) in [4.78, 5) is 31.3. The zero-order valence-corrected chi connectivity index (χ0v) is 32.9. The molecule has 1 saturated carbocycles. The van der Waals surface area contributed by atoms with Gasteiger partial charge >= 0.3 is 5.97 Å². The minimum atomic E-state index is -0.727. The third-order valence-corrected chi connectivity index (χ3v) is 10.6. The van der Waals surface area contributed by atoms with E-state index in [4.69, 9.17) is 33.2 Å². The fraction of sp³-hybridized carbons (Fsp3) is 0.467. The maximum atomic E-state index is 15.0. The van der Waals surface area contributed by atoms with Crippen LogP contribution in [0.15, 0.2) is 79.9 Å². The summed E-state index contributed by atoms with van der Waals surface area (Å²) in [5.41, 5.74) is 2.61. The van der Waals surface area contributed by atoms with Crippen LogP contribution in [-0.2, 0) is 20.7 Å². The summed E-state index contributed by atoms with van der Waals surface area (Å²) in [5.74, 6) is 2.48. The summed E-state index contributed by atoms with van der Waals surface area (Å²) in [6.45, 7) is 8.62. The van der Waals surface area contributed by atoms with Gasteiger partial charge in [-0.3, -0.25) is 4.79 Å². The first-order valence-corrected chi connectivity index (χ1v) is 19.4. The van der Waals surface area contributed by atoms with Gasteiger partial charge in [0.05, 0.1) is 34.4 Å². The van der Waals surface area contributed by atoms with Gasteiger partial charge in [0.2, 0.25) is 11.7 Å². The van der Waals surface area contributed by atoms with E-state index in [9.17, 15) is 4.79 Å². The molecule has 3 unspecified atom stereocenters. The van der Waals surface area contributed by atoms with Crippen molar-refractivity contribution in [3.8, 4) is 34.5 Å². The first kappa shape index (κ1) is 41.1. The van der Waals surface area contributed by atoms with Gasteiger partial charge in [0.1, 0.15) is 31.1 Å². The van der Waals surface area contributed by atoms with E-state index in [0.29, 0.717) is 66.9 Å². The van der Waals surface area contributed by atoms with Crippen LogP contribution in [0.5, 0.6) is 34.5 Å². The molecule has 3 aromatic rings. The van der Waals surface area contributed by atoms with Crippen molar-refractivity contribution in [3.63, 3.8) is 0 Å². The summed E-state index contributed by atoms with van der Waals surface area (Å²) >= 11 is 0. The van der Waals surface area contributed by atoms with Gasteiger partial charge in [0.25, 0.3) is 0 Å². The van der Waals surface area contributed by atoms with Crippen LogP contribution in [0.1, 0.15) is 86.5 Å². The number of aryl methyl sites for hydroxylation is 1. The van der Waals surface area contributed by atoms with Crippen molar-refractivity contribution in [2.24, 2.45) is 5.92 Å². The molecule has 1 heterocycles. The number of ether oxygens (including phenoxy) is 7. The number of benzene rings is 3. The summed E-state index contributed by atoms with van der Waals surface area (Å²) in [7, 11) is 6.37. The minimum absolute atomic E-state index is 0.0703. The van der Waals surface area contributed by atoms with Gasteiger partial charge in [0.15, 0.2) is 23.0 Å². The number of piperidine rings is 1. The molecule has 2 fully saturated rings. The molecular weight excluding hydrogens is 698 g/mol. The standard InChI is InChI=1S/C45H57NO9/c1-7-25-53-35-18-14-17-33(28-35)37(22-20-31-21-23-38(49-3)39(27-31)50-4)55-45(48)36-19-12-13-24-46(36)44(47)42(32-15-10-9-11-16-32)34-29-40(51-5)43(54-26-8-2)41(30-34)52-6/h7-8,14,17-18,21,23,27-30,32,36-37,42H,1-2,9-13,15-16,19-20,22,24-26H2,3-6H3. The van der Waals surface area contributed by atoms with Crippen molar-refractivity contribution in [3.05, 3.63) is 96.6 Å². The number of rotatable bonds is 19. The third-order valence-electron chi connectivity index (χ3n) is 10.6. The molecule has 1 amide bonds. The lowest BCUT2D eigenvalue weighted by Gasteiger charge is -2.40. The zero-order valence-electron chi connectivity index (χ0n) is 32.9. The molecule has 0 radical (unpaired) electrons. The molecule has 0 spiro atoms. The molecule has 0 N–H and O–H groups in total. The molecule has 0 aromatic heterocycles. The van der Waals surface area contributed by atoms with Crippen LogP contribution < -0.4 is 28.4 Å². The van der Waals surface area contributed by atoms with E-state index in [2.05, 4.69) is 13.2 Å². The fourth-order valence-corrected chi connectivity index (χ4v) is 7.87. The topological polar surface area (TPSA) is 102 Å². The van der Waals surface area contributed by atoms with Gasteiger partial charge < -0.3 is 38.1 Å². The summed E-state index contributed by atoms with van der Waals surface area (Å²) in [5, 5.41) is 0. The Balaban J connectivity index is 1.45. The van der Waals surface area contributed by atoms with Gasteiger partial charge in [-0.15, -0.1) is 0 Å². The highest BCUT2D eigenvalue weighted by Crippen LogP contribution is 2.45. The van der Waals surface area contributed by atoms with Crippen LogP contribution in [0.2, 0.25) is 0 Å². The minimum Gasteiger partial charge on any atom is -0.493 e. The van der Waals surface area contributed by atoms with Crippen molar-refractivity contribution in [2.75, 3.05) is 48.2 Å². The van der Waals surface area contributed by atoms with Gasteiger partial charge in [-0.2, -0.15) is 0 Å². The number of amides is 1. The Bertz CT molecular complexity index is 1720. The molecular formula is C45H57NO9. The average Bonchev–Trinajstić information content (AvgIpc) is 3.23. The molecule has 0 bridgehead atoms. The molecule has 1 aliphatic carbocycles. The second-order valence-corrected chi connectivity index (χ2v) is 14.1. The van der Waals surface area contributed by atoms with E-state index < -0.39 is 24.0 Å². The molecule has 3 aromatic carbocycles. The van der Waals surface area contributed by atoms with Gasteiger partial charge in [-0.1, -0.05) is 62.8 Å². The first-order chi connectivity index (χ1) is 26.8. The maximum absolute atomic E-state index is 15.0. The summed E-state index contributed by atoms with van der Waals surface area (Å²) < 4.78 is 40.8. The predicted octanol–water partition coefficient (Wildman–Crippen LogP) is 8.81. The van der Waals surface area contributed by atoms with Gasteiger partial charge in [0, 0.05) is 6.54 Å². The summed E-state index contributed by atoms with van der Waals surface area (Å²) in [6, 6.07) is 16.5. The zero-order chi connectivity index (χ0) is 39.2. The normalized spacial score (nSPS) is 16.9. The number of carbonyl (C=O) groups is 2. The van der Waals surface area contributed by atoms with E-state index in [1.54, 1.807) is 45.5 Å². The third kappa shape index (κ3) is 10.3. The Labute approximate surface area is 326 Å². The Kier molecular flexibility index (Phi) is 15.3. The van der Waals surface area contributed by atoms with Crippen molar-refractivity contribution in [1.82, 2.24) is 4.90 Å². The van der Waals surface area contributed by atoms with Crippen molar-refractivity contribution >= 4 is 11.9 Å². The second kappa shape index (κ2) is 20.5. The number of esters is 1.